The first kappa shape index (κ1) is 8.53. The molecule has 1 aliphatic rings. The molecular weight excluding hydrogens is 142 g/mol. The van der Waals surface area contributed by atoms with Crippen LogP contribution >= 0.6 is 0 Å². The Kier molecular flexibility index (Phi) is 3.36. The second-order valence-corrected chi connectivity index (χ2v) is 3.14. The van der Waals surface area contributed by atoms with E-state index >= 15 is 0 Å². The van der Waals surface area contributed by atoms with Crippen molar-refractivity contribution in [2.75, 3.05) is 13.1 Å². The number of carbonyl (C=O) groups is 1. The monoisotopic (exact) mass is 157 g/mol. The second kappa shape index (κ2) is 4.34. The van der Waals surface area contributed by atoms with Crippen LogP contribution in [-0.2, 0) is 4.79 Å². The fraction of sp³-hybridized carbons (Fsp3) is 0.875. The van der Waals surface area contributed by atoms with E-state index in [0.717, 1.165) is 19.5 Å². The Morgan fingerprint density at radius 3 is 3.00 bits per heavy atom. The Hall–Kier alpha value is -0.570. The molecule has 1 atom stereocenters. The Bertz CT molecular complexity index is 130. The van der Waals surface area contributed by atoms with Gasteiger partial charge in [-0.15, -0.1) is 0 Å². The number of piperidine rings is 1. The summed E-state index contributed by atoms with van der Waals surface area (Å²) < 4.78 is 0. The van der Waals surface area contributed by atoms with Crippen LogP contribution in [0.5, 0.6) is 0 Å². The van der Waals surface area contributed by atoms with E-state index in [1.807, 2.05) is 0 Å². The third kappa shape index (κ3) is 3.37. The number of hydrogen-bond acceptors (Lipinski definition) is 2. The maximum absolute atomic E-state index is 10.2. The average Bonchev–Trinajstić information content (AvgIpc) is 2.03. The molecule has 0 aromatic heterocycles. The van der Waals surface area contributed by atoms with Crippen molar-refractivity contribution >= 4 is 5.97 Å². The average molecular weight is 157 g/mol. The molecule has 1 fully saturated rings. The fourth-order valence-corrected chi connectivity index (χ4v) is 1.50. The summed E-state index contributed by atoms with van der Waals surface area (Å²) in [7, 11) is 0. The molecule has 64 valence electrons. The summed E-state index contributed by atoms with van der Waals surface area (Å²) in [6.07, 6.45) is 3.55. The zero-order chi connectivity index (χ0) is 8.10. The Balaban J connectivity index is 2.09. The fourth-order valence-electron chi connectivity index (χ4n) is 1.50. The van der Waals surface area contributed by atoms with Gasteiger partial charge in [-0.25, -0.2) is 0 Å². The molecule has 1 rings (SSSR count). The zero-order valence-corrected chi connectivity index (χ0v) is 6.68. The van der Waals surface area contributed by atoms with Gasteiger partial charge in [-0.1, -0.05) is 0 Å². The van der Waals surface area contributed by atoms with Gasteiger partial charge in [0, 0.05) is 6.42 Å². The molecule has 1 aliphatic heterocycles. The quantitative estimate of drug-likeness (QED) is 0.638. The smallest absolute Gasteiger partial charge is 0.303 e. The molecule has 0 unspecified atom stereocenters. The summed E-state index contributed by atoms with van der Waals surface area (Å²) in [5.74, 6) is -0.0737. The highest BCUT2D eigenvalue weighted by atomic mass is 16.4. The highest BCUT2D eigenvalue weighted by molar-refractivity contribution is 5.66. The SMILES string of the molecule is O=C(O)CC[C@@H]1CCCNC1. The molecule has 0 radical (unpaired) electrons. The van der Waals surface area contributed by atoms with Gasteiger partial charge < -0.3 is 10.4 Å². The third-order valence-corrected chi connectivity index (χ3v) is 2.17. The molecule has 2 N–H and O–H groups in total. The van der Waals surface area contributed by atoms with Gasteiger partial charge in [-0.05, 0) is 38.3 Å². The van der Waals surface area contributed by atoms with Crippen LogP contribution in [0, 0.1) is 5.92 Å². The first-order valence-electron chi connectivity index (χ1n) is 4.21. The molecule has 0 aromatic carbocycles. The van der Waals surface area contributed by atoms with E-state index in [4.69, 9.17) is 5.11 Å². The summed E-state index contributed by atoms with van der Waals surface area (Å²) in [6, 6.07) is 0. The van der Waals surface area contributed by atoms with E-state index in [1.54, 1.807) is 0 Å². The molecule has 1 heterocycles. The minimum atomic E-state index is -0.671. The Labute approximate surface area is 66.8 Å². The standard InChI is InChI=1S/C8H15NO2/c10-8(11)4-3-7-2-1-5-9-6-7/h7,9H,1-6H2,(H,10,11)/t7-/m0/s1. The van der Waals surface area contributed by atoms with Crippen LogP contribution in [0.1, 0.15) is 25.7 Å². The Morgan fingerprint density at radius 1 is 1.64 bits per heavy atom. The van der Waals surface area contributed by atoms with Crippen LogP contribution in [0.15, 0.2) is 0 Å². The molecule has 0 aliphatic carbocycles. The van der Waals surface area contributed by atoms with E-state index < -0.39 is 5.97 Å². The van der Waals surface area contributed by atoms with Gasteiger partial charge in [0.1, 0.15) is 0 Å². The minimum Gasteiger partial charge on any atom is -0.481 e. The van der Waals surface area contributed by atoms with Gasteiger partial charge in [0.25, 0.3) is 0 Å². The van der Waals surface area contributed by atoms with Crippen molar-refractivity contribution in [1.29, 1.82) is 0 Å². The van der Waals surface area contributed by atoms with Crippen molar-refractivity contribution in [2.45, 2.75) is 25.7 Å². The van der Waals surface area contributed by atoms with Crippen LogP contribution in [0.2, 0.25) is 0 Å². The lowest BCUT2D eigenvalue weighted by atomic mass is 9.95. The molecule has 0 amide bonds. The van der Waals surface area contributed by atoms with Crippen molar-refractivity contribution < 1.29 is 9.90 Å². The third-order valence-electron chi connectivity index (χ3n) is 2.17. The molecule has 11 heavy (non-hydrogen) atoms. The number of carboxylic acid groups (broad SMARTS) is 1. The number of carboxylic acids is 1. The van der Waals surface area contributed by atoms with Crippen LogP contribution < -0.4 is 5.32 Å². The minimum absolute atomic E-state index is 0.326. The lowest BCUT2D eigenvalue weighted by Gasteiger charge is -2.21. The first-order chi connectivity index (χ1) is 5.29. The topological polar surface area (TPSA) is 49.3 Å². The lowest BCUT2D eigenvalue weighted by Crippen LogP contribution is -2.29. The van der Waals surface area contributed by atoms with E-state index in [2.05, 4.69) is 5.32 Å². The molecule has 0 bridgehead atoms. The largest absolute Gasteiger partial charge is 0.481 e. The van der Waals surface area contributed by atoms with Crippen LogP contribution in [-0.4, -0.2) is 24.2 Å². The summed E-state index contributed by atoms with van der Waals surface area (Å²) in [5, 5.41) is 11.7. The van der Waals surface area contributed by atoms with Crippen molar-refractivity contribution in [3.63, 3.8) is 0 Å². The van der Waals surface area contributed by atoms with Gasteiger partial charge >= 0.3 is 5.97 Å². The molecule has 0 saturated carbocycles. The van der Waals surface area contributed by atoms with Gasteiger partial charge in [0.15, 0.2) is 0 Å². The van der Waals surface area contributed by atoms with Crippen molar-refractivity contribution in [1.82, 2.24) is 5.32 Å². The van der Waals surface area contributed by atoms with Crippen LogP contribution in [0.3, 0.4) is 0 Å². The van der Waals surface area contributed by atoms with E-state index in [-0.39, 0.29) is 0 Å². The molecule has 0 aromatic rings. The van der Waals surface area contributed by atoms with Gasteiger partial charge in [0.05, 0.1) is 0 Å². The number of nitrogens with one attached hydrogen (secondary N) is 1. The van der Waals surface area contributed by atoms with E-state index in [1.165, 1.54) is 12.8 Å². The predicted octanol–water partition coefficient (Wildman–Crippen LogP) is 0.851. The van der Waals surface area contributed by atoms with Crippen molar-refractivity contribution in [2.24, 2.45) is 5.92 Å². The highest BCUT2D eigenvalue weighted by Gasteiger charge is 2.13. The summed E-state index contributed by atoms with van der Waals surface area (Å²) in [4.78, 5) is 10.2. The molecular formula is C8H15NO2. The molecule has 3 nitrogen and oxygen atoms in total. The van der Waals surface area contributed by atoms with E-state index in [9.17, 15) is 4.79 Å². The molecule has 3 heteroatoms. The number of hydrogen-bond donors (Lipinski definition) is 2. The summed E-state index contributed by atoms with van der Waals surface area (Å²) in [5.41, 5.74) is 0. The van der Waals surface area contributed by atoms with E-state index in [0.29, 0.717) is 12.3 Å². The zero-order valence-electron chi connectivity index (χ0n) is 6.68. The lowest BCUT2D eigenvalue weighted by molar-refractivity contribution is -0.137. The first-order valence-corrected chi connectivity index (χ1v) is 4.21. The summed E-state index contributed by atoms with van der Waals surface area (Å²) in [6.45, 7) is 2.11. The second-order valence-electron chi connectivity index (χ2n) is 3.14. The molecule has 1 saturated heterocycles. The van der Waals surface area contributed by atoms with Gasteiger partial charge in [-0.3, -0.25) is 4.79 Å². The van der Waals surface area contributed by atoms with Crippen molar-refractivity contribution in [3.05, 3.63) is 0 Å². The van der Waals surface area contributed by atoms with Gasteiger partial charge in [0.2, 0.25) is 0 Å². The van der Waals surface area contributed by atoms with Gasteiger partial charge in [-0.2, -0.15) is 0 Å². The maximum Gasteiger partial charge on any atom is 0.303 e. The number of aliphatic carboxylic acids is 1. The normalized spacial score (nSPS) is 24.9. The van der Waals surface area contributed by atoms with Crippen LogP contribution in [0.4, 0.5) is 0 Å². The summed E-state index contributed by atoms with van der Waals surface area (Å²) >= 11 is 0. The number of rotatable bonds is 3. The van der Waals surface area contributed by atoms with Crippen molar-refractivity contribution in [3.8, 4) is 0 Å². The molecule has 0 spiro atoms. The predicted molar refractivity (Wildman–Crippen MR) is 42.5 cm³/mol. The Morgan fingerprint density at radius 2 is 2.45 bits per heavy atom. The van der Waals surface area contributed by atoms with Crippen LogP contribution in [0.25, 0.3) is 0 Å². The highest BCUT2D eigenvalue weighted by Crippen LogP contribution is 2.15. The maximum atomic E-state index is 10.2.